The number of halogens is 1. The molecule has 4 aromatic rings. The Balaban J connectivity index is 1.07. The average Bonchev–Trinajstić information content (AvgIpc) is 3.31. The summed E-state index contributed by atoms with van der Waals surface area (Å²) in [6.45, 7) is -2.45. The third-order valence-corrected chi connectivity index (χ3v) is 7.29. The van der Waals surface area contributed by atoms with Gasteiger partial charge in [-0.2, -0.15) is 10.2 Å². The predicted molar refractivity (Wildman–Crippen MR) is 126 cm³/mol. The molecule has 172 valence electrons. The number of rotatable bonds is 4. The summed E-state index contributed by atoms with van der Waals surface area (Å²) in [6.07, 6.45) is 6.16. The van der Waals surface area contributed by atoms with Gasteiger partial charge in [-0.3, -0.25) is 14.3 Å². The van der Waals surface area contributed by atoms with E-state index in [1.165, 1.54) is 24.5 Å². The molecule has 6 rings (SSSR count). The summed E-state index contributed by atoms with van der Waals surface area (Å²) in [5.41, 5.74) is 1.62. The van der Waals surface area contributed by atoms with Crippen molar-refractivity contribution in [2.45, 2.75) is 37.6 Å². The minimum Gasteiger partial charge on any atom is -0.349 e. The van der Waals surface area contributed by atoms with E-state index in [1.54, 1.807) is 0 Å². The summed E-state index contributed by atoms with van der Waals surface area (Å²) >= 11 is 0. The van der Waals surface area contributed by atoms with Crippen molar-refractivity contribution in [3.8, 4) is 11.1 Å². The van der Waals surface area contributed by atoms with E-state index < -0.39 is 12.8 Å². The Labute approximate surface area is 199 Å². The van der Waals surface area contributed by atoms with Crippen molar-refractivity contribution < 1.29 is 13.3 Å². The molecule has 2 aliphatic rings. The first-order valence-electron chi connectivity index (χ1n) is 12.8. The van der Waals surface area contributed by atoms with E-state index in [0.717, 1.165) is 47.5 Å². The van der Waals surface area contributed by atoms with E-state index in [1.807, 2.05) is 24.3 Å². The second-order valence-electron chi connectivity index (χ2n) is 9.54. The van der Waals surface area contributed by atoms with Crippen LogP contribution < -0.4 is 10.9 Å². The molecule has 34 heavy (non-hydrogen) atoms. The van der Waals surface area contributed by atoms with Crippen LogP contribution >= 0.6 is 0 Å². The van der Waals surface area contributed by atoms with Crippen molar-refractivity contribution in [1.29, 1.82) is 0 Å². The molecule has 2 fully saturated rings. The summed E-state index contributed by atoms with van der Waals surface area (Å²) in [5.74, 6) is -0.687. The van der Waals surface area contributed by atoms with Crippen molar-refractivity contribution in [1.82, 2.24) is 25.3 Å². The lowest BCUT2D eigenvalue weighted by Crippen LogP contribution is -2.55. The number of hydrogen-bond acceptors (Lipinski definition) is 4. The van der Waals surface area contributed by atoms with Gasteiger partial charge in [-0.05, 0) is 49.3 Å². The Bertz CT molecular complexity index is 1580. The van der Waals surface area contributed by atoms with Crippen molar-refractivity contribution in [2.75, 3.05) is 0 Å². The zero-order valence-corrected chi connectivity index (χ0v) is 18.2. The van der Waals surface area contributed by atoms with E-state index >= 15 is 0 Å². The van der Waals surface area contributed by atoms with Gasteiger partial charge in [-0.25, -0.2) is 9.49 Å². The monoisotopic (exact) mass is 460 g/mol. The summed E-state index contributed by atoms with van der Waals surface area (Å²) in [6, 6.07) is 11.7. The second kappa shape index (κ2) is 7.62. The standard InChI is InChI=1S/C26H24FN5O2/c1-32-14-17(13-28-32)19-7-6-15(8-22(19)27)24(33)29-18-11-26(12-18)9-16(10-26)23-20-4-2-3-5-21(20)25(34)31-30-23/h2-8,13-14,16,18H,9-12H2,1H3,(H,29,33)(H,31,34)/t16-,18-,26?/i1D3. The van der Waals surface area contributed by atoms with E-state index in [-0.39, 0.29) is 40.0 Å². The van der Waals surface area contributed by atoms with E-state index in [0.29, 0.717) is 10.9 Å². The number of H-pyrrole nitrogens is 1. The molecule has 2 heterocycles. The maximum absolute atomic E-state index is 14.8. The van der Waals surface area contributed by atoms with Crippen LogP contribution in [0.15, 0.2) is 59.7 Å². The van der Waals surface area contributed by atoms with Gasteiger partial charge in [0.05, 0.1) is 17.3 Å². The molecule has 2 aromatic heterocycles. The van der Waals surface area contributed by atoms with Crippen molar-refractivity contribution >= 4 is 16.7 Å². The summed E-state index contributed by atoms with van der Waals surface area (Å²) in [7, 11) is 0. The van der Waals surface area contributed by atoms with Crippen LogP contribution in [0.25, 0.3) is 21.9 Å². The lowest BCUT2D eigenvalue weighted by atomic mass is 9.49. The number of carbonyl (C=O) groups is 1. The van der Waals surface area contributed by atoms with Gasteiger partial charge in [0.25, 0.3) is 11.5 Å². The zero-order chi connectivity index (χ0) is 25.9. The van der Waals surface area contributed by atoms with Gasteiger partial charge >= 0.3 is 0 Å². The van der Waals surface area contributed by atoms with Crippen LogP contribution in [-0.2, 0) is 6.98 Å². The van der Waals surface area contributed by atoms with Gasteiger partial charge in [0.15, 0.2) is 0 Å². The largest absolute Gasteiger partial charge is 0.349 e. The Morgan fingerprint density at radius 3 is 2.74 bits per heavy atom. The number of fused-ring (bicyclic) bond motifs is 1. The highest BCUT2D eigenvalue weighted by Gasteiger charge is 2.54. The number of carbonyl (C=O) groups excluding carboxylic acids is 1. The van der Waals surface area contributed by atoms with Gasteiger partial charge in [0, 0.05) is 51.3 Å². The van der Waals surface area contributed by atoms with Crippen LogP contribution in [0.2, 0.25) is 0 Å². The number of aryl methyl sites for hydroxylation is 1. The quantitative estimate of drug-likeness (QED) is 0.483. The van der Waals surface area contributed by atoms with Gasteiger partial charge in [0.1, 0.15) is 5.82 Å². The van der Waals surface area contributed by atoms with Crippen LogP contribution in [0, 0.1) is 11.2 Å². The zero-order valence-electron chi connectivity index (χ0n) is 21.2. The van der Waals surface area contributed by atoms with Gasteiger partial charge in [0.2, 0.25) is 0 Å². The molecular formula is C26H24FN5O2. The number of nitrogens with one attached hydrogen (secondary N) is 2. The van der Waals surface area contributed by atoms with Crippen molar-refractivity contribution in [3.05, 3.63) is 82.3 Å². The molecule has 2 aromatic carbocycles. The van der Waals surface area contributed by atoms with E-state index in [2.05, 4.69) is 20.6 Å². The third-order valence-electron chi connectivity index (χ3n) is 7.29. The number of benzene rings is 2. The van der Waals surface area contributed by atoms with Crippen molar-refractivity contribution in [2.24, 2.45) is 12.4 Å². The molecule has 0 radical (unpaired) electrons. The first-order valence-corrected chi connectivity index (χ1v) is 11.3. The third kappa shape index (κ3) is 3.41. The molecule has 0 aliphatic heterocycles. The van der Waals surface area contributed by atoms with Crippen LogP contribution in [0.4, 0.5) is 4.39 Å². The van der Waals surface area contributed by atoms with Gasteiger partial charge in [-0.1, -0.05) is 24.3 Å². The molecule has 8 heteroatoms. The van der Waals surface area contributed by atoms with Gasteiger partial charge < -0.3 is 5.32 Å². The minimum atomic E-state index is -2.45. The highest BCUT2D eigenvalue weighted by atomic mass is 19.1. The molecule has 2 aliphatic carbocycles. The number of hydrogen-bond donors (Lipinski definition) is 2. The topological polar surface area (TPSA) is 92.7 Å². The Hall–Kier alpha value is -3.81. The number of aromatic nitrogens is 4. The molecule has 0 saturated heterocycles. The van der Waals surface area contributed by atoms with Crippen molar-refractivity contribution in [3.63, 3.8) is 0 Å². The highest BCUT2D eigenvalue weighted by Crippen LogP contribution is 2.62. The Morgan fingerprint density at radius 1 is 1.21 bits per heavy atom. The first-order chi connectivity index (χ1) is 17.6. The van der Waals surface area contributed by atoms with Crippen LogP contribution in [0.1, 0.15) is 51.8 Å². The summed E-state index contributed by atoms with van der Waals surface area (Å²) in [5, 5.41) is 15.3. The first kappa shape index (κ1) is 17.6. The molecule has 0 unspecified atom stereocenters. The maximum Gasteiger partial charge on any atom is 0.272 e. The van der Waals surface area contributed by atoms with E-state index in [9.17, 15) is 14.0 Å². The maximum atomic E-state index is 14.8. The lowest BCUT2D eigenvalue weighted by Gasteiger charge is -2.57. The normalized spacial score (nSPS) is 25.1. The average molecular weight is 461 g/mol. The fourth-order valence-corrected chi connectivity index (χ4v) is 5.67. The van der Waals surface area contributed by atoms with Crippen LogP contribution in [0.3, 0.4) is 0 Å². The molecule has 7 nitrogen and oxygen atoms in total. The molecule has 0 atom stereocenters. The predicted octanol–water partition coefficient (Wildman–Crippen LogP) is 3.92. The highest BCUT2D eigenvalue weighted by molar-refractivity contribution is 5.95. The smallest absolute Gasteiger partial charge is 0.272 e. The Morgan fingerprint density at radius 2 is 2.00 bits per heavy atom. The molecular weight excluding hydrogens is 433 g/mol. The minimum absolute atomic E-state index is 0.0222. The van der Waals surface area contributed by atoms with E-state index in [4.69, 9.17) is 4.11 Å². The molecule has 2 saturated carbocycles. The summed E-state index contributed by atoms with van der Waals surface area (Å²) in [4.78, 5) is 24.8. The molecule has 2 N–H and O–H groups in total. The number of nitrogens with zero attached hydrogens (tertiary/aromatic N) is 3. The Kier molecular flexibility index (Phi) is 3.95. The number of aromatic amines is 1. The molecule has 0 bridgehead atoms. The molecule has 1 spiro atoms. The van der Waals surface area contributed by atoms with Gasteiger partial charge in [-0.15, -0.1) is 0 Å². The van der Waals surface area contributed by atoms with Crippen LogP contribution in [0.5, 0.6) is 0 Å². The molecule has 1 amide bonds. The lowest BCUT2D eigenvalue weighted by molar-refractivity contribution is -0.0196. The number of amides is 1. The summed E-state index contributed by atoms with van der Waals surface area (Å²) < 4.78 is 37.8. The second-order valence-corrected chi connectivity index (χ2v) is 9.54. The fraction of sp³-hybridized carbons (Fsp3) is 0.308. The fourth-order valence-electron chi connectivity index (χ4n) is 5.67. The van der Waals surface area contributed by atoms with Crippen LogP contribution in [-0.4, -0.2) is 31.9 Å². The SMILES string of the molecule is [2H]C([2H])([2H])n1cc(-c2ccc(C(=O)N[C@H]3CC4(C3)C[C@H](c3n[nH]c(=O)c5ccccc53)C4)cc2F)cn1.